The molecule has 2 unspecified atom stereocenters. The molecule has 0 aliphatic carbocycles. The van der Waals surface area contributed by atoms with Gasteiger partial charge in [0.05, 0.1) is 0 Å². The first kappa shape index (κ1) is 11.5. The summed E-state index contributed by atoms with van der Waals surface area (Å²) >= 11 is 0. The number of nitrogens with one attached hydrogen (secondary N) is 1. The van der Waals surface area contributed by atoms with Gasteiger partial charge in [-0.25, -0.2) is 0 Å². The fourth-order valence-corrected chi connectivity index (χ4v) is 2.01. The highest BCUT2D eigenvalue weighted by Crippen LogP contribution is 2.23. The zero-order chi connectivity index (χ0) is 10.4. The summed E-state index contributed by atoms with van der Waals surface area (Å²) in [5.41, 5.74) is 0. The molecule has 2 atom stereocenters. The average Bonchev–Trinajstić information content (AvgIpc) is 2.39. The topological polar surface area (TPSA) is 38.3 Å². The first-order valence-corrected chi connectivity index (χ1v) is 5.52. The van der Waals surface area contributed by atoms with Crippen LogP contribution in [-0.2, 0) is 9.53 Å². The molecule has 1 amide bonds. The van der Waals surface area contributed by atoms with E-state index in [-0.39, 0.29) is 11.8 Å². The third-order valence-electron chi connectivity index (χ3n) is 3.04. The van der Waals surface area contributed by atoms with E-state index in [0.717, 1.165) is 32.4 Å². The summed E-state index contributed by atoms with van der Waals surface area (Å²) in [5, 5.41) is 2.97. The first-order chi connectivity index (χ1) is 6.75. The second-order valence-electron chi connectivity index (χ2n) is 4.15. The lowest BCUT2D eigenvalue weighted by atomic mass is 9.87. The lowest BCUT2D eigenvalue weighted by Gasteiger charge is -2.20. The van der Waals surface area contributed by atoms with Gasteiger partial charge in [-0.05, 0) is 25.2 Å². The average molecular weight is 199 g/mol. The van der Waals surface area contributed by atoms with Gasteiger partial charge in [0, 0.05) is 26.2 Å². The van der Waals surface area contributed by atoms with Crippen LogP contribution in [0.1, 0.15) is 32.6 Å². The van der Waals surface area contributed by atoms with E-state index in [1.54, 1.807) is 7.11 Å². The van der Waals surface area contributed by atoms with Gasteiger partial charge in [-0.3, -0.25) is 4.79 Å². The van der Waals surface area contributed by atoms with E-state index >= 15 is 0 Å². The van der Waals surface area contributed by atoms with Gasteiger partial charge in [-0.15, -0.1) is 0 Å². The van der Waals surface area contributed by atoms with E-state index in [0.29, 0.717) is 5.92 Å². The van der Waals surface area contributed by atoms with Crippen molar-refractivity contribution in [1.29, 1.82) is 0 Å². The Morgan fingerprint density at radius 2 is 2.36 bits per heavy atom. The Morgan fingerprint density at radius 3 is 3.07 bits per heavy atom. The third-order valence-corrected chi connectivity index (χ3v) is 3.04. The highest BCUT2D eigenvalue weighted by atomic mass is 16.5. The number of methoxy groups -OCH3 is 1. The molecule has 0 aromatic rings. The van der Waals surface area contributed by atoms with Crippen LogP contribution in [0.25, 0.3) is 0 Å². The molecule has 82 valence electrons. The lowest BCUT2D eigenvalue weighted by Crippen LogP contribution is -2.32. The number of carbonyl (C=O) groups excluding carboxylic acids is 1. The summed E-state index contributed by atoms with van der Waals surface area (Å²) in [6.07, 6.45) is 4.31. The molecule has 1 saturated heterocycles. The number of hydrogen-bond acceptors (Lipinski definition) is 2. The van der Waals surface area contributed by atoms with Gasteiger partial charge < -0.3 is 10.1 Å². The molecular formula is C11H21NO2. The molecule has 3 heteroatoms. The molecule has 14 heavy (non-hydrogen) atoms. The van der Waals surface area contributed by atoms with E-state index in [1.807, 2.05) is 0 Å². The smallest absolute Gasteiger partial charge is 0.223 e. The second-order valence-corrected chi connectivity index (χ2v) is 4.15. The Hall–Kier alpha value is -0.570. The Morgan fingerprint density at radius 1 is 1.57 bits per heavy atom. The van der Waals surface area contributed by atoms with Crippen LogP contribution < -0.4 is 5.32 Å². The molecule has 0 aromatic heterocycles. The van der Waals surface area contributed by atoms with E-state index in [2.05, 4.69) is 12.2 Å². The van der Waals surface area contributed by atoms with Crippen molar-refractivity contribution >= 4 is 5.91 Å². The molecule has 0 aromatic carbocycles. The highest BCUT2D eigenvalue weighted by Gasteiger charge is 2.25. The molecule has 0 radical (unpaired) electrons. The minimum absolute atomic E-state index is 0.202. The van der Waals surface area contributed by atoms with Gasteiger partial charge in [0.25, 0.3) is 0 Å². The van der Waals surface area contributed by atoms with Crippen LogP contribution in [-0.4, -0.2) is 26.2 Å². The zero-order valence-electron chi connectivity index (χ0n) is 9.21. The van der Waals surface area contributed by atoms with Crippen LogP contribution in [0.4, 0.5) is 0 Å². The van der Waals surface area contributed by atoms with Gasteiger partial charge >= 0.3 is 0 Å². The molecule has 1 fully saturated rings. The third kappa shape index (κ3) is 3.29. The lowest BCUT2D eigenvalue weighted by molar-refractivity contribution is -0.126. The van der Waals surface area contributed by atoms with Crippen molar-refractivity contribution < 1.29 is 9.53 Å². The van der Waals surface area contributed by atoms with Crippen LogP contribution in [0.15, 0.2) is 0 Å². The predicted octanol–water partition coefficient (Wildman–Crippen LogP) is 1.58. The minimum atomic E-state index is 0.202. The van der Waals surface area contributed by atoms with Crippen molar-refractivity contribution in [2.75, 3.05) is 20.3 Å². The van der Waals surface area contributed by atoms with Gasteiger partial charge in [0.2, 0.25) is 5.91 Å². The Bertz CT molecular complexity index is 182. The van der Waals surface area contributed by atoms with Crippen molar-refractivity contribution in [3.8, 4) is 0 Å². The maximum Gasteiger partial charge on any atom is 0.223 e. The second kappa shape index (κ2) is 6.02. The van der Waals surface area contributed by atoms with Gasteiger partial charge in [0.15, 0.2) is 0 Å². The van der Waals surface area contributed by atoms with Gasteiger partial charge in [-0.1, -0.05) is 13.3 Å². The van der Waals surface area contributed by atoms with Crippen LogP contribution in [0.2, 0.25) is 0 Å². The first-order valence-electron chi connectivity index (χ1n) is 5.52. The summed E-state index contributed by atoms with van der Waals surface area (Å²) in [4.78, 5) is 11.7. The van der Waals surface area contributed by atoms with Crippen molar-refractivity contribution in [1.82, 2.24) is 5.32 Å². The Balaban J connectivity index is 2.41. The van der Waals surface area contributed by atoms with Gasteiger partial charge in [0.1, 0.15) is 0 Å². The predicted molar refractivity (Wildman–Crippen MR) is 56.0 cm³/mol. The molecule has 0 spiro atoms. The van der Waals surface area contributed by atoms with Crippen LogP contribution in [0.5, 0.6) is 0 Å². The van der Waals surface area contributed by atoms with Crippen molar-refractivity contribution in [2.45, 2.75) is 32.6 Å². The molecule has 0 bridgehead atoms. The van der Waals surface area contributed by atoms with Crippen molar-refractivity contribution in [2.24, 2.45) is 11.8 Å². The molecule has 0 saturated carbocycles. The standard InChI is InChI=1S/C11H21NO2/c1-9(6-8-14-2)10-5-3-4-7-12-11(10)13/h9-10H,3-8H2,1-2H3,(H,12,13). The quantitative estimate of drug-likeness (QED) is 0.746. The molecule has 3 nitrogen and oxygen atoms in total. The molecule has 1 heterocycles. The molecule has 1 N–H and O–H groups in total. The van der Waals surface area contributed by atoms with Gasteiger partial charge in [-0.2, -0.15) is 0 Å². The summed E-state index contributed by atoms with van der Waals surface area (Å²) in [7, 11) is 1.71. The summed E-state index contributed by atoms with van der Waals surface area (Å²) in [6.45, 7) is 3.76. The van der Waals surface area contributed by atoms with Crippen LogP contribution in [0.3, 0.4) is 0 Å². The largest absolute Gasteiger partial charge is 0.385 e. The van der Waals surface area contributed by atoms with Crippen molar-refractivity contribution in [3.05, 3.63) is 0 Å². The number of carbonyl (C=O) groups is 1. The molecule has 1 rings (SSSR count). The summed E-state index contributed by atoms with van der Waals surface area (Å²) in [5.74, 6) is 0.881. The molecule has 1 aliphatic rings. The normalized spacial score (nSPS) is 25.3. The Labute approximate surface area is 86.2 Å². The molecule has 1 aliphatic heterocycles. The Kier molecular flexibility index (Phi) is 4.94. The molecular weight excluding hydrogens is 178 g/mol. The fourth-order valence-electron chi connectivity index (χ4n) is 2.01. The van der Waals surface area contributed by atoms with E-state index < -0.39 is 0 Å². The van der Waals surface area contributed by atoms with Crippen molar-refractivity contribution in [3.63, 3.8) is 0 Å². The maximum atomic E-state index is 11.7. The summed E-state index contributed by atoms with van der Waals surface area (Å²) < 4.78 is 5.04. The minimum Gasteiger partial charge on any atom is -0.385 e. The van der Waals surface area contributed by atoms with E-state index in [1.165, 1.54) is 6.42 Å². The van der Waals surface area contributed by atoms with E-state index in [9.17, 15) is 4.79 Å². The SMILES string of the molecule is COCCC(C)C1CCCCNC1=O. The van der Waals surface area contributed by atoms with Crippen LogP contribution in [0, 0.1) is 11.8 Å². The maximum absolute atomic E-state index is 11.7. The number of rotatable bonds is 4. The fraction of sp³-hybridized carbons (Fsp3) is 0.909. The van der Waals surface area contributed by atoms with Crippen LogP contribution >= 0.6 is 0 Å². The number of amides is 1. The highest BCUT2D eigenvalue weighted by molar-refractivity contribution is 5.79. The monoisotopic (exact) mass is 199 g/mol. The zero-order valence-corrected chi connectivity index (χ0v) is 9.21. The van der Waals surface area contributed by atoms with E-state index in [4.69, 9.17) is 4.74 Å². The number of hydrogen-bond donors (Lipinski definition) is 1. The number of ether oxygens (including phenoxy) is 1. The summed E-state index contributed by atoms with van der Waals surface area (Å²) in [6, 6.07) is 0.